The first-order valence-corrected chi connectivity index (χ1v) is 6.33. The Morgan fingerprint density at radius 1 is 1.33 bits per heavy atom. The van der Waals surface area contributed by atoms with Crippen molar-refractivity contribution in [2.24, 2.45) is 5.92 Å². The maximum atomic E-state index is 12.9. The maximum absolute atomic E-state index is 12.9. The zero-order valence-electron chi connectivity index (χ0n) is 10.7. The lowest BCUT2D eigenvalue weighted by atomic mass is 9.81. The molecule has 1 aliphatic rings. The van der Waals surface area contributed by atoms with Gasteiger partial charge in [-0.3, -0.25) is 0 Å². The molecule has 1 fully saturated rings. The largest absolute Gasteiger partial charge is 0.396 e. The van der Waals surface area contributed by atoms with Crippen LogP contribution in [0.1, 0.15) is 24.8 Å². The van der Waals surface area contributed by atoms with Crippen LogP contribution in [0.2, 0.25) is 0 Å². The average Bonchev–Trinajstić information content (AvgIpc) is 2.39. The molecule has 1 aromatic carbocycles. The van der Waals surface area contributed by atoms with Crippen LogP contribution < -0.4 is 0 Å². The van der Waals surface area contributed by atoms with Crippen LogP contribution in [0.4, 0.5) is 4.39 Å². The quantitative estimate of drug-likeness (QED) is 0.915. The Labute approximate surface area is 114 Å². The van der Waals surface area contributed by atoms with Crippen LogP contribution in [-0.2, 0) is 0 Å². The minimum Gasteiger partial charge on any atom is -0.396 e. The second kappa shape index (κ2) is 7.07. The molecule has 0 amide bonds. The molecule has 2 nitrogen and oxygen atoms in total. The fourth-order valence-electron chi connectivity index (χ4n) is 2.73. The van der Waals surface area contributed by atoms with Crippen molar-refractivity contribution in [1.82, 2.24) is 4.90 Å². The van der Waals surface area contributed by atoms with Crippen LogP contribution in [0, 0.1) is 11.7 Å². The molecule has 102 valence electrons. The Morgan fingerprint density at radius 3 is 2.56 bits per heavy atom. The predicted molar refractivity (Wildman–Crippen MR) is 73.7 cm³/mol. The molecular formula is C14H21ClFNO. The SMILES string of the molecule is CCN1CC[C@@H](c2ccc(F)cc2)[C@@H](CO)C1.Cl. The summed E-state index contributed by atoms with van der Waals surface area (Å²) in [5.41, 5.74) is 1.15. The summed E-state index contributed by atoms with van der Waals surface area (Å²) >= 11 is 0. The zero-order chi connectivity index (χ0) is 12.3. The van der Waals surface area contributed by atoms with Gasteiger partial charge in [0.25, 0.3) is 0 Å². The van der Waals surface area contributed by atoms with Crippen LogP contribution >= 0.6 is 12.4 Å². The molecule has 1 N–H and O–H groups in total. The molecule has 1 aliphatic heterocycles. The van der Waals surface area contributed by atoms with Gasteiger partial charge in [0.05, 0.1) is 0 Å². The maximum Gasteiger partial charge on any atom is 0.123 e. The van der Waals surface area contributed by atoms with E-state index in [0.717, 1.165) is 31.6 Å². The van der Waals surface area contributed by atoms with E-state index in [1.807, 2.05) is 12.1 Å². The van der Waals surface area contributed by atoms with Gasteiger partial charge in [0.1, 0.15) is 5.82 Å². The van der Waals surface area contributed by atoms with Crippen molar-refractivity contribution in [3.8, 4) is 0 Å². The first kappa shape index (κ1) is 15.4. The number of likely N-dealkylation sites (tertiary alicyclic amines) is 1. The fraction of sp³-hybridized carbons (Fsp3) is 0.571. The number of rotatable bonds is 3. The third kappa shape index (κ3) is 3.44. The van der Waals surface area contributed by atoms with Gasteiger partial charge in [0.15, 0.2) is 0 Å². The second-order valence-electron chi connectivity index (χ2n) is 4.78. The molecule has 0 unspecified atom stereocenters. The number of hydrogen-bond acceptors (Lipinski definition) is 2. The Hall–Kier alpha value is -0.640. The minimum absolute atomic E-state index is 0. The smallest absolute Gasteiger partial charge is 0.123 e. The number of benzene rings is 1. The average molecular weight is 274 g/mol. The van der Waals surface area contributed by atoms with E-state index in [1.54, 1.807) is 0 Å². The molecule has 0 saturated carbocycles. The van der Waals surface area contributed by atoms with Gasteiger partial charge in [0.2, 0.25) is 0 Å². The van der Waals surface area contributed by atoms with Crippen molar-refractivity contribution < 1.29 is 9.50 Å². The first-order valence-electron chi connectivity index (χ1n) is 6.33. The van der Waals surface area contributed by atoms with Crippen molar-refractivity contribution in [2.45, 2.75) is 19.3 Å². The van der Waals surface area contributed by atoms with Gasteiger partial charge in [-0.15, -0.1) is 12.4 Å². The number of aliphatic hydroxyl groups is 1. The van der Waals surface area contributed by atoms with E-state index in [9.17, 15) is 9.50 Å². The van der Waals surface area contributed by atoms with Gasteiger partial charge in [-0.1, -0.05) is 19.1 Å². The Bertz CT molecular complexity index is 357. The molecule has 0 spiro atoms. The van der Waals surface area contributed by atoms with Gasteiger partial charge in [-0.25, -0.2) is 4.39 Å². The van der Waals surface area contributed by atoms with Crippen LogP contribution in [0.5, 0.6) is 0 Å². The van der Waals surface area contributed by atoms with E-state index in [1.165, 1.54) is 12.1 Å². The third-order valence-electron chi connectivity index (χ3n) is 3.80. The summed E-state index contributed by atoms with van der Waals surface area (Å²) in [7, 11) is 0. The molecular weight excluding hydrogens is 253 g/mol. The predicted octanol–water partition coefficient (Wildman–Crippen LogP) is 2.67. The van der Waals surface area contributed by atoms with E-state index in [0.29, 0.717) is 5.92 Å². The van der Waals surface area contributed by atoms with Crippen LogP contribution in [0.15, 0.2) is 24.3 Å². The molecule has 0 aliphatic carbocycles. The van der Waals surface area contributed by atoms with Gasteiger partial charge in [-0.2, -0.15) is 0 Å². The van der Waals surface area contributed by atoms with Gasteiger partial charge in [0, 0.05) is 19.1 Å². The normalized spacial score (nSPS) is 24.6. The summed E-state index contributed by atoms with van der Waals surface area (Å²) < 4.78 is 12.9. The Kier molecular flexibility index (Phi) is 6.06. The van der Waals surface area contributed by atoms with E-state index in [-0.39, 0.29) is 30.7 Å². The topological polar surface area (TPSA) is 23.5 Å². The molecule has 0 aromatic heterocycles. The highest BCUT2D eigenvalue weighted by Crippen LogP contribution is 2.32. The highest BCUT2D eigenvalue weighted by molar-refractivity contribution is 5.85. The number of aliphatic hydroxyl groups excluding tert-OH is 1. The van der Waals surface area contributed by atoms with Gasteiger partial charge >= 0.3 is 0 Å². The van der Waals surface area contributed by atoms with E-state index < -0.39 is 0 Å². The Balaban J connectivity index is 0.00000162. The lowest BCUT2D eigenvalue weighted by Gasteiger charge is -2.37. The fourth-order valence-corrected chi connectivity index (χ4v) is 2.73. The first-order chi connectivity index (χ1) is 8.24. The molecule has 1 aromatic rings. The third-order valence-corrected chi connectivity index (χ3v) is 3.80. The van der Waals surface area contributed by atoms with Crippen molar-refractivity contribution in [3.63, 3.8) is 0 Å². The molecule has 1 saturated heterocycles. The highest BCUT2D eigenvalue weighted by Gasteiger charge is 2.29. The van der Waals surface area contributed by atoms with E-state index in [2.05, 4.69) is 11.8 Å². The van der Waals surface area contributed by atoms with Crippen LogP contribution in [0.3, 0.4) is 0 Å². The summed E-state index contributed by atoms with van der Waals surface area (Å²) in [5, 5.41) is 9.49. The number of halogens is 2. The lowest BCUT2D eigenvalue weighted by molar-refractivity contribution is 0.105. The van der Waals surface area contributed by atoms with Crippen molar-refractivity contribution >= 4 is 12.4 Å². The van der Waals surface area contributed by atoms with E-state index >= 15 is 0 Å². The number of piperidine rings is 1. The standard InChI is InChI=1S/C14H20FNO.ClH/c1-2-16-8-7-14(12(9-16)10-17)11-3-5-13(15)6-4-11;/h3-6,12,14,17H,2,7-10H2,1H3;1H/t12-,14+;/m1./s1. The zero-order valence-corrected chi connectivity index (χ0v) is 11.5. The second-order valence-corrected chi connectivity index (χ2v) is 4.78. The summed E-state index contributed by atoms with van der Waals surface area (Å²) in [6.45, 7) is 5.39. The molecule has 0 radical (unpaired) electrons. The lowest BCUT2D eigenvalue weighted by Crippen LogP contribution is -2.40. The van der Waals surface area contributed by atoms with E-state index in [4.69, 9.17) is 0 Å². The number of nitrogens with zero attached hydrogens (tertiary/aromatic N) is 1. The summed E-state index contributed by atoms with van der Waals surface area (Å²) in [5.74, 6) is 0.442. The molecule has 4 heteroatoms. The van der Waals surface area contributed by atoms with Crippen molar-refractivity contribution in [3.05, 3.63) is 35.6 Å². The van der Waals surface area contributed by atoms with Crippen LogP contribution in [-0.4, -0.2) is 36.2 Å². The number of hydrogen-bond donors (Lipinski definition) is 1. The van der Waals surface area contributed by atoms with Crippen molar-refractivity contribution in [1.29, 1.82) is 0 Å². The Morgan fingerprint density at radius 2 is 2.00 bits per heavy atom. The van der Waals surface area contributed by atoms with Crippen LogP contribution in [0.25, 0.3) is 0 Å². The minimum atomic E-state index is -0.194. The molecule has 0 bridgehead atoms. The summed E-state index contributed by atoms with van der Waals surface area (Å²) in [6, 6.07) is 6.72. The molecule has 1 heterocycles. The van der Waals surface area contributed by atoms with Crippen molar-refractivity contribution in [2.75, 3.05) is 26.2 Å². The monoisotopic (exact) mass is 273 g/mol. The summed E-state index contributed by atoms with van der Waals surface area (Å²) in [4.78, 5) is 2.36. The van der Waals surface area contributed by atoms with Gasteiger partial charge < -0.3 is 10.0 Å². The highest BCUT2D eigenvalue weighted by atomic mass is 35.5. The van der Waals surface area contributed by atoms with Gasteiger partial charge in [-0.05, 0) is 43.1 Å². The molecule has 2 atom stereocenters. The summed E-state index contributed by atoms with van der Waals surface area (Å²) in [6.07, 6.45) is 1.05. The molecule has 18 heavy (non-hydrogen) atoms. The molecule has 2 rings (SSSR count).